The number of halogens is 2. The molecule has 4 nitrogen and oxygen atoms in total. The molecule has 6 heteroatoms. The second-order valence-corrected chi connectivity index (χ2v) is 4.47. The summed E-state index contributed by atoms with van der Waals surface area (Å²) in [6.45, 7) is 3.41. The Kier molecular flexibility index (Phi) is 3.74. The van der Waals surface area contributed by atoms with E-state index < -0.39 is 29.1 Å². The van der Waals surface area contributed by atoms with Crippen molar-refractivity contribution in [3.8, 4) is 0 Å². The normalized spacial score (nSPS) is 12.2. The summed E-state index contributed by atoms with van der Waals surface area (Å²) in [5, 5.41) is 2.47. The highest BCUT2D eigenvalue weighted by molar-refractivity contribution is 5.95. The van der Waals surface area contributed by atoms with E-state index in [1.165, 1.54) is 0 Å². The molecule has 0 spiro atoms. The van der Waals surface area contributed by atoms with Crippen LogP contribution in [0.15, 0.2) is 28.7 Å². The summed E-state index contributed by atoms with van der Waals surface area (Å²) in [5.41, 5.74) is 4.36. The van der Waals surface area contributed by atoms with Crippen molar-refractivity contribution in [1.82, 2.24) is 5.32 Å². The molecule has 0 bridgehead atoms. The van der Waals surface area contributed by atoms with E-state index in [2.05, 4.69) is 5.32 Å². The number of carbonyl (C=O) groups is 1. The van der Waals surface area contributed by atoms with Gasteiger partial charge in [0.15, 0.2) is 5.82 Å². The van der Waals surface area contributed by atoms with Crippen LogP contribution in [0.3, 0.4) is 0 Å². The fraction of sp³-hybridized carbons (Fsp3) is 0.214. The minimum Gasteiger partial charge on any atom is -0.464 e. The van der Waals surface area contributed by atoms with Crippen LogP contribution in [0.5, 0.6) is 0 Å². The molecule has 1 atom stereocenters. The lowest BCUT2D eigenvalue weighted by Crippen LogP contribution is -2.28. The Morgan fingerprint density at radius 2 is 2.00 bits per heavy atom. The Bertz CT molecular complexity index is 653. The molecule has 1 unspecified atom stereocenters. The van der Waals surface area contributed by atoms with Crippen LogP contribution >= 0.6 is 0 Å². The molecule has 2 aromatic rings. The van der Waals surface area contributed by atoms with Crippen molar-refractivity contribution < 1.29 is 18.0 Å². The van der Waals surface area contributed by atoms with Crippen LogP contribution < -0.4 is 11.1 Å². The van der Waals surface area contributed by atoms with E-state index in [1.807, 2.05) is 0 Å². The van der Waals surface area contributed by atoms with Gasteiger partial charge < -0.3 is 15.5 Å². The van der Waals surface area contributed by atoms with Crippen molar-refractivity contribution in [2.75, 3.05) is 5.73 Å². The number of anilines is 1. The highest BCUT2D eigenvalue weighted by Crippen LogP contribution is 2.21. The fourth-order valence-corrected chi connectivity index (χ4v) is 1.80. The van der Waals surface area contributed by atoms with Gasteiger partial charge in [-0.05, 0) is 38.1 Å². The molecule has 0 saturated heterocycles. The summed E-state index contributed by atoms with van der Waals surface area (Å²) in [7, 11) is 0. The number of furan rings is 1. The van der Waals surface area contributed by atoms with E-state index in [9.17, 15) is 13.6 Å². The van der Waals surface area contributed by atoms with Crippen molar-refractivity contribution in [1.29, 1.82) is 0 Å². The van der Waals surface area contributed by atoms with Gasteiger partial charge >= 0.3 is 0 Å². The first-order valence-corrected chi connectivity index (χ1v) is 6.01. The molecule has 0 radical (unpaired) electrons. The average molecular weight is 280 g/mol. The summed E-state index contributed by atoms with van der Waals surface area (Å²) in [6.07, 6.45) is 0. The zero-order valence-corrected chi connectivity index (χ0v) is 11.0. The first-order chi connectivity index (χ1) is 9.40. The number of nitrogens with two attached hydrogens (primary N) is 1. The number of hydrogen-bond donors (Lipinski definition) is 2. The maximum Gasteiger partial charge on any atom is 0.257 e. The van der Waals surface area contributed by atoms with Crippen molar-refractivity contribution >= 4 is 11.6 Å². The second-order valence-electron chi connectivity index (χ2n) is 4.47. The molecule has 0 saturated carbocycles. The van der Waals surface area contributed by atoms with Crippen molar-refractivity contribution in [3.05, 3.63) is 53.0 Å². The molecule has 20 heavy (non-hydrogen) atoms. The van der Waals surface area contributed by atoms with Crippen molar-refractivity contribution in [2.24, 2.45) is 0 Å². The number of benzene rings is 1. The van der Waals surface area contributed by atoms with Crippen LogP contribution in [0.4, 0.5) is 14.5 Å². The van der Waals surface area contributed by atoms with Gasteiger partial charge in [-0.1, -0.05) is 0 Å². The molecule has 0 aliphatic rings. The van der Waals surface area contributed by atoms with Crippen LogP contribution in [0, 0.1) is 18.6 Å². The molecule has 1 aromatic heterocycles. The number of carbonyl (C=O) groups excluding carboxylic acids is 1. The third-order valence-corrected chi connectivity index (χ3v) is 2.88. The predicted octanol–water partition coefficient (Wildman–Crippen LogP) is 2.94. The van der Waals surface area contributed by atoms with Gasteiger partial charge in [-0.25, -0.2) is 8.78 Å². The predicted molar refractivity (Wildman–Crippen MR) is 70.1 cm³/mol. The Hall–Kier alpha value is -2.37. The van der Waals surface area contributed by atoms with E-state index in [-0.39, 0.29) is 5.69 Å². The summed E-state index contributed by atoms with van der Waals surface area (Å²) >= 11 is 0. The molecule has 1 heterocycles. The smallest absolute Gasteiger partial charge is 0.257 e. The summed E-state index contributed by atoms with van der Waals surface area (Å²) in [5.74, 6) is -1.72. The molecule has 0 aliphatic heterocycles. The van der Waals surface area contributed by atoms with Gasteiger partial charge in [-0.15, -0.1) is 0 Å². The lowest BCUT2D eigenvalue weighted by atomic mass is 10.1. The van der Waals surface area contributed by atoms with E-state index in [1.54, 1.807) is 26.0 Å². The highest BCUT2D eigenvalue weighted by atomic mass is 19.1. The molecule has 1 aromatic carbocycles. The molecule has 0 aliphatic carbocycles. The monoisotopic (exact) mass is 280 g/mol. The first kappa shape index (κ1) is 14.0. The molecule has 3 N–H and O–H groups in total. The van der Waals surface area contributed by atoms with Crippen LogP contribution in [0.2, 0.25) is 0 Å². The third-order valence-electron chi connectivity index (χ3n) is 2.88. The Balaban J connectivity index is 2.23. The van der Waals surface area contributed by atoms with Crippen molar-refractivity contribution in [3.63, 3.8) is 0 Å². The topological polar surface area (TPSA) is 68.3 Å². The van der Waals surface area contributed by atoms with Crippen LogP contribution in [-0.4, -0.2) is 5.91 Å². The van der Waals surface area contributed by atoms with E-state index >= 15 is 0 Å². The van der Waals surface area contributed by atoms with Crippen LogP contribution in [0.25, 0.3) is 0 Å². The minimum absolute atomic E-state index is 0.280. The molecule has 106 valence electrons. The zero-order chi connectivity index (χ0) is 14.9. The summed E-state index contributed by atoms with van der Waals surface area (Å²) in [6, 6.07) is 4.93. The van der Waals surface area contributed by atoms with Gasteiger partial charge in [-0.2, -0.15) is 0 Å². The standard InChI is InChI=1S/C14H14F2N2O2/c1-7-3-6-11(20-7)8(2)18-14(19)12-9(15)4-5-10(17)13(12)16/h3-6,8H,17H2,1-2H3,(H,18,19). The number of nitrogens with one attached hydrogen (secondary N) is 1. The average Bonchev–Trinajstić information content (AvgIpc) is 2.81. The summed E-state index contributed by atoms with van der Waals surface area (Å²) < 4.78 is 32.6. The zero-order valence-electron chi connectivity index (χ0n) is 11.0. The third kappa shape index (κ3) is 2.64. The Labute approximate surface area is 114 Å². The molecule has 2 rings (SSSR count). The SMILES string of the molecule is Cc1ccc(C(C)NC(=O)c2c(F)ccc(N)c2F)o1. The molecular weight excluding hydrogens is 266 g/mol. The maximum atomic E-state index is 13.7. The quantitative estimate of drug-likeness (QED) is 0.849. The number of rotatable bonds is 3. The van der Waals surface area contributed by atoms with Crippen molar-refractivity contribution in [2.45, 2.75) is 19.9 Å². The van der Waals surface area contributed by atoms with Gasteiger partial charge in [0.05, 0.1) is 11.7 Å². The van der Waals surface area contributed by atoms with Crippen LogP contribution in [0.1, 0.15) is 34.8 Å². The van der Waals surface area contributed by atoms with Gasteiger partial charge in [0, 0.05) is 0 Å². The lowest BCUT2D eigenvalue weighted by molar-refractivity contribution is 0.0926. The Morgan fingerprint density at radius 1 is 1.30 bits per heavy atom. The lowest BCUT2D eigenvalue weighted by Gasteiger charge is -2.13. The number of aryl methyl sites for hydroxylation is 1. The van der Waals surface area contributed by atoms with Gasteiger partial charge in [-0.3, -0.25) is 4.79 Å². The van der Waals surface area contributed by atoms with E-state index in [0.29, 0.717) is 11.5 Å². The summed E-state index contributed by atoms with van der Waals surface area (Å²) in [4.78, 5) is 11.9. The fourth-order valence-electron chi connectivity index (χ4n) is 1.80. The second kappa shape index (κ2) is 5.32. The molecular formula is C14H14F2N2O2. The molecule has 0 fully saturated rings. The van der Waals surface area contributed by atoms with E-state index in [0.717, 1.165) is 12.1 Å². The van der Waals surface area contributed by atoms with E-state index in [4.69, 9.17) is 10.2 Å². The number of hydrogen-bond acceptors (Lipinski definition) is 3. The largest absolute Gasteiger partial charge is 0.464 e. The van der Waals surface area contributed by atoms with Gasteiger partial charge in [0.2, 0.25) is 0 Å². The minimum atomic E-state index is -1.06. The number of amides is 1. The molecule has 1 amide bonds. The maximum absolute atomic E-state index is 13.7. The Morgan fingerprint density at radius 3 is 2.60 bits per heavy atom. The number of nitrogen functional groups attached to an aromatic ring is 1. The van der Waals surface area contributed by atoms with Crippen LogP contribution in [-0.2, 0) is 0 Å². The first-order valence-electron chi connectivity index (χ1n) is 6.01. The van der Waals surface area contributed by atoms with Gasteiger partial charge in [0.1, 0.15) is 22.9 Å². The van der Waals surface area contributed by atoms with Gasteiger partial charge in [0.25, 0.3) is 5.91 Å². The highest BCUT2D eigenvalue weighted by Gasteiger charge is 2.22.